The molecule has 0 nitrogen and oxygen atoms in total. The Hall–Kier alpha value is -0.230. The lowest BCUT2D eigenvalue weighted by atomic mass is 10.3. The highest BCUT2D eigenvalue weighted by Gasteiger charge is 1.69. The molecule has 0 spiro atoms. The fraction of sp³-hybridized carbons (Fsp3) is 0.167. The van der Waals surface area contributed by atoms with Gasteiger partial charge in [-0.25, -0.2) is 0 Å². The highest BCUT2D eigenvalue weighted by molar-refractivity contribution is 6.25. The van der Waals surface area contributed by atoms with Crippen LogP contribution in [0.4, 0.5) is 0 Å². The molecule has 0 aromatic heterocycles. The largest absolute Gasteiger partial charge is 0.103 e. The first-order chi connectivity index (χ1) is 3.41. The molecule has 1 radical (unpaired) electrons. The Morgan fingerprint density at radius 1 is 1.57 bits per heavy atom. The molecule has 0 aliphatic carbocycles. The highest BCUT2D eigenvalue weighted by Crippen LogP contribution is 1.89. The van der Waals surface area contributed by atoms with Crippen molar-refractivity contribution >= 4 is 11.6 Å². The van der Waals surface area contributed by atoms with Crippen LogP contribution in [0.5, 0.6) is 0 Å². The van der Waals surface area contributed by atoms with E-state index in [-0.39, 0.29) is 0 Å². The van der Waals surface area contributed by atoms with E-state index in [2.05, 4.69) is 6.58 Å². The second kappa shape index (κ2) is 5.77. The van der Waals surface area contributed by atoms with E-state index in [1.807, 2.05) is 12.5 Å². The first-order valence-corrected chi connectivity index (χ1v) is 2.55. The summed E-state index contributed by atoms with van der Waals surface area (Å²) in [5.41, 5.74) is 1.50. The maximum atomic E-state index is 5.20. The SMILES string of the molecule is C=C[CH]CC=CCl. The molecule has 0 fully saturated rings. The summed E-state index contributed by atoms with van der Waals surface area (Å²) < 4.78 is 0. The van der Waals surface area contributed by atoms with Crippen molar-refractivity contribution in [2.45, 2.75) is 6.42 Å². The molecule has 0 aromatic rings. The smallest absolute Gasteiger partial charge is 0.000267 e. The van der Waals surface area contributed by atoms with Gasteiger partial charge in [-0.3, -0.25) is 0 Å². The molecule has 0 saturated carbocycles. The van der Waals surface area contributed by atoms with Crippen molar-refractivity contribution in [3.8, 4) is 0 Å². The van der Waals surface area contributed by atoms with Gasteiger partial charge in [0.2, 0.25) is 0 Å². The minimum Gasteiger partial charge on any atom is -0.103 e. The Balaban J connectivity index is 2.82. The van der Waals surface area contributed by atoms with Gasteiger partial charge in [-0.15, -0.1) is 6.58 Å². The second-order valence-electron chi connectivity index (χ2n) is 1.07. The van der Waals surface area contributed by atoms with Crippen molar-refractivity contribution in [2.24, 2.45) is 0 Å². The van der Waals surface area contributed by atoms with E-state index < -0.39 is 0 Å². The molecular weight excluding hydrogens is 108 g/mol. The van der Waals surface area contributed by atoms with Crippen LogP contribution in [0.25, 0.3) is 0 Å². The molecule has 1 heteroatoms. The summed E-state index contributed by atoms with van der Waals surface area (Å²) in [5.74, 6) is 0. The number of unbranched alkanes of at least 4 members (excludes halogenated alkanes) is 1. The van der Waals surface area contributed by atoms with Gasteiger partial charge in [-0.1, -0.05) is 23.8 Å². The van der Waals surface area contributed by atoms with Gasteiger partial charge in [-0.05, 0) is 12.8 Å². The molecular formula is C6H8Cl. The molecule has 0 bridgehead atoms. The molecule has 0 aromatic carbocycles. The number of allylic oxidation sites excluding steroid dienone is 2. The van der Waals surface area contributed by atoms with Gasteiger partial charge in [0.25, 0.3) is 0 Å². The Labute approximate surface area is 49.5 Å². The van der Waals surface area contributed by atoms with Gasteiger partial charge in [-0.2, -0.15) is 0 Å². The zero-order valence-corrected chi connectivity index (χ0v) is 4.86. The zero-order valence-electron chi connectivity index (χ0n) is 4.10. The number of hydrogen-bond acceptors (Lipinski definition) is 0. The van der Waals surface area contributed by atoms with Crippen LogP contribution < -0.4 is 0 Å². The van der Waals surface area contributed by atoms with Crippen LogP contribution in [-0.2, 0) is 0 Å². The lowest BCUT2D eigenvalue weighted by Gasteiger charge is -1.77. The average molecular weight is 116 g/mol. The molecule has 0 rings (SSSR count). The fourth-order valence-corrected chi connectivity index (χ4v) is 0.329. The monoisotopic (exact) mass is 115 g/mol. The third-order valence-electron chi connectivity index (χ3n) is 0.528. The van der Waals surface area contributed by atoms with Crippen LogP contribution in [-0.4, -0.2) is 0 Å². The minimum atomic E-state index is 0.882. The summed E-state index contributed by atoms with van der Waals surface area (Å²) >= 11 is 5.20. The predicted octanol–water partition coefficient (Wildman–Crippen LogP) is 2.52. The van der Waals surface area contributed by atoms with Crippen LogP contribution in [0.3, 0.4) is 0 Å². The third-order valence-corrected chi connectivity index (χ3v) is 0.706. The third kappa shape index (κ3) is 5.77. The van der Waals surface area contributed by atoms with E-state index in [4.69, 9.17) is 11.6 Å². The van der Waals surface area contributed by atoms with Crippen LogP contribution >= 0.6 is 11.6 Å². The summed E-state index contributed by atoms with van der Waals surface area (Å²) in [6.07, 6.45) is 6.41. The first kappa shape index (κ1) is 6.77. The van der Waals surface area contributed by atoms with Crippen LogP contribution in [0.2, 0.25) is 0 Å². The topological polar surface area (TPSA) is 0 Å². The Kier molecular flexibility index (Phi) is 5.58. The molecule has 0 N–H and O–H groups in total. The molecule has 0 aliphatic rings. The van der Waals surface area contributed by atoms with E-state index in [1.165, 1.54) is 5.54 Å². The molecule has 0 aliphatic heterocycles. The molecule has 0 atom stereocenters. The molecule has 0 unspecified atom stereocenters. The van der Waals surface area contributed by atoms with Crippen molar-refractivity contribution in [1.82, 2.24) is 0 Å². The van der Waals surface area contributed by atoms with Crippen LogP contribution in [0, 0.1) is 6.42 Å². The van der Waals surface area contributed by atoms with Gasteiger partial charge in [0.1, 0.15) is 0 Å². The van der Waals surface area contributed by atoms with Crippen molar-refractivity contribution in [1.29, 1.82) is 0 Å². The second-order valence-corrected chi connectivity index (χ2v) is 1.32. The van der Waals surface area contributed by atoms with Crippen molar-refractivity contribution in [3.05, 3.63) is 30.7 Å². The number of halogens is 1. The molecule has 39 valence electrons. The highest BCUT2D eigenvalue weighted by atomic mass is 35.5. The summed E-state index contributed by atoms with van der Waals surface area (Å²) in [5, 5.41) is 0. The first-order valence-electron chi connectivity index (χ1n) is 2.11. The van der Waals surface area contributed by atoms with E-state index in [0.717, 1.165) is 6.42 Å². The van der Waals surface area contributed by atoms with E-state index in [1.54, 1.807) is 6.08 Å². The van der Waals surface area contributed by atoms with Crippen LogP contribution in [0.1, 0.15) is 6.42 Å². The normalized spacial score (nSPS) is 9.86. The standard InChI is InChI=1S/C6H8Cl/c1-2-3-4-5-6-7/h2-3,5-6H,1,4H2. The maximum Gasteiger partial charge on any atom is 0.000267 e. The Bertz CT molecular complexity index is 64.6. The van der Waals surface area contributed by atoms with Gasteiger partial charge in [0, 0.05) is 5.54 Å². The predicted molar refractivity (Wildman–Crippen MR) is 34.1 cm³/mol. The van der Waals surface area contributed by atoms with E-state index >= 15 is 0 Å². The number of hydrogen-bond donors (Lipinski definition) is 0. The Morgan fingerprint density at radius 3 is 2.71 bits per heavy atom. The van der Waals surface area contributed by atoms with Gasteiger partial charge in [0.05, 0.1) is 0 Å². The Morgan fingerprint density at radius 2 is 2.29 bits per heavy atom. The summed E-state index contributed by atoms with van der Waals surface area (Å²) in [4.78, 5) is 0. The van der Waals surface area contributed by atoms with Gasteiger partial charge >= 0.3 is 0 Å². The average Bonchev–Trinajstić information content (AvgIpc) is 1.69. The minimum absolute atomic E-state index is 0.882. The van der Waals surface area contributed by atoms with Gasteiger partial charge < -0.3 is 0 Å². The fourth-order valence-electron chi connectivity index (χ4n) is 0.226. The van der Waals surface area contributed by atoms with E-state index in [0.29, 0.717) is 0 Å². The van der Waals surface area contributed by atoms with Gasteiger partial charge in [0.15, 0.2) is 0 Å². The van der Waals surface area contributed by atoms with Crippen molar-refractivity contribution in [2.75, 3.05) is 0 Å². The molecule has 0 amide bonds. The maximum absolute atomic E-state index is 5.20. The lowest BCUT2D eigenvalue weighted by molar-refractivity contribution is 1.30. The summed E-state index contributed by atoms with van der Waals surface area (Å²) in [7, 11) is 0. The molecule has 0 heterocycles. The summed E-state index contributed by atoms with van der Waals surface area (Å²) in [6.45, 7) is 3.50. The zero-order chi connectivity index (χ0) is 5.54. The quantitative estimate of drug-likeness (QED) is 0.496. The van der Waals surface area contributed by atoms with E-state index in [9.17, 15) is 0 Å². The number of rotatable bonds is 3. The van der Waals surface area contributed by atoms with Crippen molar-refractivity contribution in [3.63, 3.8) is 0 Å². The van der Waals surface area contributed by atoms with Crippen molar-refractivity contribution < 1.29 is 0 Å². The molecule has 7 heavy (non-hydrogen) atoms. The summed E-state index contributed by atoms with van der Waals surface area (Å²) in [6, 6.07) is 0. The molecule has 0 saturated heterocycles. The van der Waals surface area contributed by atoms with Crippen LogP contribution in [0.15, 0.2) is 24.3 Å². The lowest BCUT2D eigenvalue weighted by Crippen LogP contribution is -1.59.